The molecule has 0 radical (unpaired) electrons. The van der Waals surface area contributed by atoms with Crippen molar-refractivity contribution in [2.75, 3.05) is 14.1 Å². The average Bonchev–Trinajstić information content (AvgIpc) is 2.22. The molecule has 0 fully saturated rings. The van der Waals surface area contributed by atoms with Gasteiger partial charge in [0.2, 0.25) is 0 Å². The number of halogens is 2. The average molecular weight is 232 g/mol. The van der Waals surface area contributed by atoms with Crippen molar-refractivity contribution in [2.45, 2.75) is 19.6 Å². The molecule has 0 saturated heterocycles. The fourth-order valence-electron chi connectivity index (χ4n) is 1.13. The van der Waals surface area contributed by atoms with Gasteiger partial charge in [0.05, 0.1) is 0 Å². The zero-order chi connectivity index (χ0) is 12.6. The second-order valence-electron chi connectivity index (χ2n) is 3.05. The lowest BCUT2D eigenvalue weighted by Crippen LogP contribution is -2.20. The summed E-state index contributed by atoms with van der Waals surface area (Å²) in [5.74, 6) is 0.217. The summed E-state index contributed by atoms with van der Waals surface area (Å²) in [6, 6.07) is 6.73. The summed E-state index contributed by atoms with van der Waals surface area (Å²) < 4.78 is 29.7. The maximum absolute atomic E-state index is 12.6. The normalized spacial score (nSPS) is 10.4. The van der Waals surface area contributed by atoms with Crippen LogP contribution in [0.4, 0.5) is 8.78 Å². The van der Waals surface area contributed by atoms with Crippen LogP contribution in [0.1, 0.15) is 12.5 Å². The van der Waals surface area contributed by atoms with Gasteiger partial charge in [-0.25, -0.2) is 0 Å². The molecule has 3 nitrogen and oxygen atoms in total. The van der Waals surface area contributed by atoms with Gasteiger partial charge in [-0.3, -0.25) is 0 Å². The van der Waals surface area contributed by atoms with Crippen LogP contribution in [0.2, 0.25) is 0 Å². The third-order valence-electron chi connectivity index (χ3n) is 1.63. The van der Waals surface area contributed by atoms with Crippen molar-refractivity contribution in [2.24, 2.45) is 5.73 Å². The van der Waals surface area contributed by atoms with Crippen molar-refractivity contribution >= 4 is 0 Å². The minimum atomic E-state index is -3.14. The van der Waals surface area contributed by atoms with Crippen LogP contribution in [0.3, 0.4) is 0 Å². The zero-order valence-corrected chi connectivity index (χ0v) is 9.76. The molecule has 0 aliphatic rings. The van der Waals surface area contributed by atoms with Crippen LogP contribution in [0.15, 0.2) is 24.3 Å². The minimum Gasteiger partial charge on any atom is -0.432 e. The number of hydrogen-bond acceptors (Lipinski definition) is 3. The standard InChI is InChI=1S/C10H13F2NO.CH5N/c1-10(11,12)14-9-6-4-3-5-8(9)7-13-2;1-2/h3-6,13H,7H2,1-2H3;2H2,1H3. The Bertz CT molecular complexity index is 300. The number of para-hydroxylation sites is 1. The van der Waals surface area contributed by atoms with Crippen LogP contribution >= 0.6 is 0 Å². The summed E-state index contributed by atoms with van der Waals surface area (Å²) in [5, 5.41) is 2.89. The van der Waals surface area contributed by atoms with Gasteiger partial charge in [-0.05, 0) is 20.2 Å². The van der Waals surface area contributed by atoms with E-state index in [2.05, 4.69) is 15.8 Å². The molecule has 3 N–H and O–H groups in total. The molecule has 1 aromatic carbocycles. The van der Waals surface area contributed by atoms with Gasteiger partial charge in [0.25, 0.3) is 0 Å². The molecule has 0 aliphatic heterocycles. The molecule has 0 unspecified atom stereocenters. The highest BCUT2D eigenvalue weighted by Gasteiger charge is 2.24. The van der Waals surface area contributed by atoms with E-state index in [1.54, 1.807) is 25.2 Å². The Morgan fingerprint density at radius 1 is 1.31 bits per heavy atom. The summed E-state index contributed by atoms with van der Waals surface area (Å²) >= 11 is 0. The lowest BCUT2D eigenvalue weighted by Gasteiger charge is -2.15. The monoisotopic (exact) mass is 232 g/mol. The van der Waals surface area contributed by atoms with Crippen molar-refractivity contribution in [3.8, 4) is 5.75 Å². The number of nitrogens with two attached hydrogens (primary N) is 1. The van der Waals surface area contributed by atoms with E-state index in [1.807, 2.05) is 0 Å². The first-order valence-electron chi connectivity index (χ1n) is 4.90. The Hall–Kier alpha value is -1.20. The first-order valence-corrected chi connectivity index (χ1v) is 4.90. The van der Waals surface area contributed by atoms with Crippen LogP contribution in [0, 0.1) is 0 Å². The van der Waals surface area contributed by atoms with E-state index in [1.165, 1.54) is 13.1 Å². The van der Waals surface area contributed by atoms with Gasteiger partial charge in [0.15, 0.2) is 0 Å². The van der Waals surface area contributed by atoms with E-state index in [9.17, 15) is 8.78 Å². The van der Waals surface area contributed by atoms with Crippen molar-refractivity contribution in [3.05, 3.63) is 29.8 Å². The molecule has 0 amide bonds. The number of hydrogen-bond donors (Lipinski definition) is 2. The number of alkyl halides is 2. The number of nitrogens with one attached hydrogen (secondary N) is 1. The molecule has 16 heavy (non-hydrogen) atoms. The molecule has 0 spiro atoms. The third-order valence-corrected chi connectivity index (χ3v) is 1.63. The third kappa shape index (κ3) is 5.63. The van der Waals surface area contributed by atoms with Gasteiger partial charge >= 0.3 is 6.11 Å². The largest absolute Gasteiger partial charge is 0.432 e. The summed E-state index contributed by atoms with van der Waals surface area (Å²) in [6.07, 6.45) is -3.14. The predicted octanol–water partition coefficient (Wildman–Crippen LogP) is 1.97. The molecule has 1 rings (SSSR count). The first kappa shape index (κ1) is 14.8. The summed E-state index contributed by atoms with van der Waals surface area (Å²) in [6.45, 7) is 1.23. The van der Waals surface area contributed by atoms with Crippen molar-refractivity contribution in [1.29, 1.82) is 0 Å². The van der Waals surface area contributed by atoms with E-state index in [0.29, 0.717) is 6.54 Å². The molecule has 0 saturated carbocycles. The van der Waals surface area contributed by atoms with Gasteiger partial charge in [-0.2, -0.15) is 8.78 Å². The second kappa shape index (κ2) is 7.14. The van der Waals surface area contributed by atoms with Gasteiger partial charge in [-0.15, -0.1) is 0 Å². The molecule has 1 aromatic rings. The van der Waals surface area contributed by atoms with Crippen molar-refractivity contribution in [3.63, 3.8) is 0 Å². The Labute approximate surface area is 94.6 Å². The Balaban J connectivity index is 0.00000106. The lowest BCUT2D eigenvalue weighted by molar-refractivity contribution is -0.159. The quantitative estimate of drug-likeness (QED) is 0.834. The number of ether oxygens (including phenoxy) is 1. The molecule has 0 heterocycles. The molecular formula is C11H18F2N2O. The van der Waals surface area contributed by atoms with Crippen LogP contribution in [-0.2, 0) is 6.54 Å². The summed E-state index contributed by atoms with van der Waals surface area (Å²) in [4.78, 5) is 0. The number of benzene rings is 1. The Morgan fingerprint density at radius 3 is 2.38 bits per heavy atom. The molecule has 92 valence electrons. The van der Waals surface area contributed by atoms with Gasteiger partial charge < -0.3 is 15.8 Å². The summed E-state index contributed by atoms with van der Waals surface area (Å²) in [5.41, 5.74) is 5.22. The second-order valence-corrected chi connectivity index (χ2v) is 3.05. The summed E-state index contributed by atoms with van der Waals surface area (Å²) in [7, 11) is 3.25. The van der Waals surface area contributed by atoms with Crippen LogP contribution < -0.4 is 15.8 Å². The van der Waals surface area contributed by atoms with E-state index < -0.39 is 6.11 Å². The predicted molar refractivity (Wildman–Crippen MR) is 60.6 cm³/mol. The van der Waals surface area contributed by atoms with Gasteiger partial charge in [0.1, 0.15) is 5.75 Å². The lowest BCUT2D eigenvalue weighted by atomic mass is 10.2. The molecule has 0 aromatic heterocycles. The highest BCUT2D eigenvalue weighted by Crippen LogP contribution is 2.24. The van der Waals surface area contributed by atoms with Gasteiger partial charge in [0, 0.05) is 19.0 Å². The van der Waals surface area contributed by atoms with Crippen LogP contribution in [-0.4, -0.2) is 20.2 Å². The van der Waals surface area contributed by atoms with Crippen LogP contribution in [0.25, 0.3) is 0 Å². The van der Waals surface area contributed by atoms with E-state index in [-0.39, 0.29) is 5.75 Å². The van der Waals surface area contributed by atoms with E-state index >= 15 is 0 Å². The Morgan fingerprint density at radius 2 is 1.88 bits per heavy atom. The maximum atomic E-state index is 12.6. The molecule has 0 aliphatic carbocycles. The minimum absolute atomic E-state index is 0.217. The van der Waals surface area contributed by atoms with Crippen molar-refractivity contribution in [1.82, 2.24) is 5.32 Å². The number of rotatable bonds is 4. The molecule has 5 heteroatoms. The van der Waals surface area contributed by atoms with Crippen molar-refractivity contribution < 1.29 is 13.5 Å². The fraction of sp³-hybridized carbons (Fsp3) is 0.455. The van der Waals surface area contributed by atoms with E-state index in [0.717, 1.165) is 12.5 Å². The molecule has 0 atom stereocenters. The highest BCUT2D eigenvalue weighted by atomic mass is 19.3. The van der Waals surface area contributed by atoms with E-state index in [4.69, 9.17) is 0 Å². The topological polar surface area (TPSA) is 47.3 Å². The zero-order valence-electron chi connectivity index (χ0n) is 9.76. The molecule has 0 bridgehead atoms. The maximum Gasteiger partial charge on any atom is 0.394 e. The molecular weight excluding hydrogens is 214 g/mol. The SMILES string of the molecule is CN.CNCc1ccccc1OC(C)(F)F. The Kier molecular flexibility index (Phi) is 6.60. The first-order chi connectivity index (χ1) is 7.53. The fourth-order valence-corrected chi connectivity index (χ4v) is 1.13. The van der Waals surface area contributed by atoms with Crippen LogP contribution in [0.5, 0.6) is 5.75 Å². The highest BCUT2D eigenvalue weighted by molar-refractivity contribution is 5.33. The smallest absolute Gasteiger partial charge is 0.394 e. The van der Waals surface area contributed by atoms with Gasteiger partial charge in [-0.1, -0.05) is 18.2 Å².